The smallest absolute Gasteiger partial charge is 0.255 e. The van der Waals surface area contributed by atoms with Gasteiger partial charge in [0.15, 0.2) is 0 Å². The Kier molecular flexibility index (Phi) is 6.34. The number of carbonyl (C=O) groups is 2. The van der Waals surface area contributed by atoms with E-state index in [1.807, 2.05) is 0 Å². The molecule has 0 aromatic heterocycles. The van der Waals surface area contributed by atoms with Crippen molar-refractivity contribution in [2.24, 2.45) is 0 Å². The molecular formula is C20H19Cl2FN2O2. The summed E-state index contributed by atoms with van der Waals surface area (Å²) in [5, 5.41) is 3.82. The first kappa shape index (κ1) is 19.6. The maximum atomic E-state index is 12.9. The third-order valence-corrected chi connectivity index (χ3v) is 5.15. The van der Waals surface area contributed by atoms with E-state index in [1.54, 1.807) is 35.2 Å². The Morgan fingerprint density at radius 2 is 1.74 bits per heavy atom. The Morgan fingerprint density at radius 1 is 1.07 bits per heavy atom. The average Bonchev–Trinajstić information content (AvgIpc) is 2.65. The van der Waals surface area contributed by atoms with Crippen molar-refractivity contribution in [2.75, 3.05) is 13.1 Å². The third kappa shape index (κ3) is 5.21. The van der Waals surface area contributed by atoms with Gasteiger partial charge in [-0.05, 0) is 48.7 Å². The quantitative estimate of drug-likeness (QED) is 0.827. The lowest BCUT2D eigenvalue weighted by molar-refractivity contribution is -0.121. The molecule has 4 nitrogen and oxygen atoms in total. The van der Waals surface area contributed by atoms with Crippen molar-refractivity contribution >= 4 is 35.0 Å². The lowest BCUT2D eigenvalue weighted by Gasteiger charge is -2.32. The molecular weight excluding hydrogens is 390 g/mol. The van der Waals surface area contributed by atoms with Crippen molar-refractivity contribution in [2.45, 2.75) is 25.3 Å². The van der Waals surface area contributed by atoms with Crippen LogP contribution in [-0.2, 0) is 11.2 Å². The van der Waals surface area contributed by atoms with Gasteiger partial charge in [-0.1, -0.05) is 35.3 Å². The number of hydrogen-bond acceptors (Lipinski definition) is 2. The largest absolute Gasteiger partial charge is 0.353 e. The van der Waals surface area contributed by atoms with Crippen LogP contribution in [0.25, 0.3) is 0 Å². The van der Waals surface area contributed by atoms with Gasteiger partial charge < -0.3 is 10.2 Å². The first-order valence-electron chi connectivity index (χ1n) is 8.70. The highest BCUT2D eigenvalue weighted by atomic mass is 35.5. The van der Waals surface area contributed by atoms with E-state index in [1.165, 1.54) is 12.1 Å². The van der Waals surface area contributed by atoms with E-state index in [-0.39, 0.29) is 30.1 Å². The number of rotatable bonds is 4. The normalized spacial score (nSPS) is 14.9. The molecule has 0 spiro atoms. The molecule has 1 heterocycles. The molecule has 0 aliphatic carbocycles. The van der Waals surface area contributed by atoms with Crippen LogP contribution in [0, 0.1) is 5.82 Å². The van der Waals surface area contributed by atoms with Crippen LogP contribution in [0.3, 0.4) is 0 Å². The molecule has 0 bridgehead atoms. The Hall–Kier alpha value is -2.11. The van der Waals surface area contributed by atoms with Crippen LogP contribution in [0.15, 0.2) is 42.5 Å². The second-order valence-electron chi connectivity index (χ2n) is 6.56. The number of nitrogens with one attached hydrogen (secondary N) is 1. The van der Waals surface area contributed by atoms with Gasteiger partial charge in [-0.3, -0.25) is 9.59 Å². The number of amides is 2. The molecule has 2 amide bonds. The summed E-state index contributed by atoms with van der Waals surface area (Å²) in [5.41, 5.74) is 1.15. The molecule has 2 aromatic rings. The van der Waals surface area contributed by atoms with Crippen LogP contribution in [0.2, 0.25) is 10.0 Å². The van der Waals surface area contributed by atoms with Gasteiger partial charge in [-0.25, -0.2) is 4.39 Å². The van der Waals surface area contributed by atoms with Crippen LogP contribution in [-0.4, -0.2) is 35.8 Å². The zero-order valence-corrected chi connectivity index (χ0v) is 16.1. The average molecular weight is 409 g/mol. The summed E-state index contributed by atoms with van der Waals surface area (Å²) < 4.78 is 12.9. The van der Waals surface area contributed by atoms with Crippen molar-refractivity contribution in [1.82, 2.24) is 10.2 Å². The predicted octanol–water partition coefficient (Wildman–Crippen LogP) is 4.10. The zero-order chi connectivity index (χ0) is 19.4. The highest BCUT2D eigenvalue weighted by Crippen LogP contribution is 2.23. The van der Waals surface area contributed by atoms with E-state index < -0.39 is 0 Å². The monoisotopic (exact) mass is 408 g/mol. The maximum absolute atomic E-state index is 12.9. The number of carbonyl (C=O) groups excluding carboxylic acids is 2. The molecule has 1 N–H and O–H groups in total. The van der Waals surface area contributed by atoms with Gasteiger partial charge in [0, 0.05) is 24.2 Å². The van der Waals surface area contributed by atoms with Crippen LogP contribution < -0.4 is 5.32 Å². The highest BCUT2D eigenvalue weighted by molar-refractivity contribution is 6.35. The Balaban J connectivity index is 1.51. The van der Waals surface area contributed by atoms with Crippen LogP contribution >= 0.6 is 23.2 Å². The number of benzene rings is 2. The van der Waals surface area contributed by atoms with Gasteiger partial charge in [0.2, 0.25) is 5.91 Å². The fourth-order valence-electron chi connectivity index (χ4n) is 3.13. The number of piperidine rings is 1. The van der Waals surface area contributed by atoms with E-state index in [0.29, 0.717) is 41.5 Å². The summed E-state index contributed by atoms with van der Waals surface area (Å²) in [7, 11) is 0. The first-order valence-corrected chi connectivity index (χ1v) is 9.46. The predicted molar refractivity (Wildman–Crippen MR) is 104 cm³/mol. The molecule has 142 valence electrons. The van der Waals surface area contributed by atoms with Gasteiger partial charge in [-0.2, -0.15) is 0 Å². The van der Waals surface area contributed by atoms with Crippen molar-refractivity contribution in [3.63, 3.8) is 0 Å². The molecule has 0 radical (unpaired) electrons. The SMILES string of the molecule is O=C(Cc1ccc(F)cc1)NC1CCN(C(=O)c2cc(Cl)ccc2Cl)CC1. The van der Waals surface area contributed by atoms with E-state index in [9.17, 15) is 14.0 Å². The molecule has 3 rings (SSSR count). The van der Waals surface area contributed by atoms with Crippen LogP contribution in [0.5, 0.6) is 0 Å². The number of halogens is 3. The van der Waals surface area contributed by atoms with Crippen molar-refractivity contribution < 1.29 is 14.0 Å². The lowest BCUT2D eigenvalue weighted by Crippen LogP contribution is -2.47. The second kappa shape index (κ2) is 8.72. The van der Waals surface area contributed by atoms with Gasteiger partial charge >= 0.3 is 0 Å². The minimum absolute atomic E-state index is 0.0110. The van der Waals surface area contributed by atoms with Crippen LogP contribution in [0.4, 0.5) is 4.39 Å². The van der Waals surface area contributed by atoms with E-state index >= 15 is 0 Å². The number of nitrogens with zero attached hydrogens (tertiary/aromatic N) is 1. The molecule has 1 aliphatic rings. The zero-order valence-electron chi connectivity index (χ0n) is 14.6. The molecule has 27 heavy (non-hydrogen) atoms. The highest BCUT2D eigenvalue weighted by Gasteiger charge is 2.25. The van der Waals surface area contributed by atoms with Crippen molar-refractivity contribution in [3.05, 3.63) is 69.5 Å². The lowest BCUT2D eigenvalue weighted by atomic mass is 10.0. The molecule has 1 fully saturated rings. The maximum Gasteiger partial charge on any atom is 0.255 e. The standard InChI is InChI=1S/C20H19Cl2FN2O2/c21-14-3-6-18(22)17(12-14)20(27)25-9-7-16(8-10-25)24-19(26)11-13-1-4-15(23)5-2-13/h1-6,12,16H,7-11H2,(H,24,26). The van der Waals surface area contributed by atoms with E-state index in [2.05, 4.69) is 5.32 Å². The molecule has 0 unspecified atom stereocenters. The summed E-state index contributed by atoms with van der Waals surface area (Å²) in [5.74, 6) is -0.584. The number of likely N-dealkylation sites (tertiary alicyclic amines) is 1. The van der Waals surface area contributed by atoms with E-state index in [4.69, 9.17) is 23.2 Å². The molecule has 0 atom stereocenters. The summed E-state index contributed by atoms with van der Waals surface area (Å²) >= 11 is 12.1. The van der Waals surface area contributed by atoms with Crippen molar-refractivity contribution in [3.8, 4) is 0 Å². The fourth-order valence-corrected chi connectivity index (χ4v) is 3.50. The minimum atomic E-state index is -0.323. The second-order valence-corrected chi connectivity index (χ2v) is 7.41. The Labute approximate surface area is 167 Å². The van der Waals surface area contributed by atoms with Crippen molar-refractivity contribution in [1.29, 1.82) is 0 Å². The minimum Gasteiger partial charge on any atom is -0.353 e. The molecule has 1 aliphatic heterocycles. The van der Waals surface area contributed by atoms with Gasteiger partial charge in [0.05, 0.1) is 17.0 Å². The van der Waals surface area contributed by atoms with Gasteiger partial charge in [0.1, 0.15) is 5.82 Å². The summed E-state index contributed by atoms with van der Waals surface area (Å²) in [6.07, 6.45) is 1.54. The van der Waals surface area contributed by atoms with E-state index in [0.717, 1.165) is 5.56 Å². The van der Waals surface area contributed by atoms with Crippen LogP contribution in [0.1, 0.15) is 28.8 Å². The fraction of sp³-hybridized carbons (Fsp3) is 0.300. The summed E-state index contributed by atoms with van der Waals surface area (Å²) in [6.45, 7) is 1.06. The molecule has 2 aromatic carbocycles. The molecule has 0 saturated carbocycles. The van der Waals surface area contributed by atoms with Gasteiger partial charge in [-0.15, -0.1) is 0 Å². The Morgan fingerprint density at radius 3 is 2.41 bits per heavy atom. The first-order chi connectivity index (χ1) is 12.9. The topological polar surface area (TPSA) is 49.4 Å². The molecule has 7 heteroatoms. The Bertz CT molecular complexity index is 834. The summed E-state index contributed by atoms with van der Waals surface area (Å²) in [4.78, 5) is 26.5. The summed E-state index contributed by atoms with van der Waals surface area (Å²) in [6, 6.07) is 10.7. The molecule has 1 saturated heterocycles. The third-order valence-electron chi connectivity index (χ3n) is 4.58. The number of hydrogen-bond donors (Lipinski definition) is 1. The van der Waals surface area contributed by atoms with Gasteiger partial charge in [0.25, 0.3) is 5.91 Å².